The molecule has 0 aliphatic rings. The Hall–Kier alpha value is -0.640. The van der Waals surface area contributed by atoms with Gasteiger partial charge in [-0.3, -0.25) is 0 Å². The first-order valence-electron chi connectivity index (χ1n) is 7.03. The second kappa shape index (κ2) is 9.02. The van der Waals surface area contributed by atoms with Crippen LogP contribution in [0.15, 0.2) is 0 Å². The Morgan fingerprint density at radius 2 is 1.07 bits per heavy atom. The quantitative estimate of drug-likeness (QED) is 0.328. The Kier molecular flexibility index (Phi) is 8.81. The van der Waals surface area contributed by atoms with Crippen molar-refractivity contribution in [2.45, 2.75) is 42.2 Å². The first-order chi connectivity index (χ1) is 12.3. The van der Waals surface area contributed by atoms with Crippen LogP contribution in [0.2, 0.25) is 0 Å². The summed E-state index contributed by atoms with van der Waals surface area (Å²) < 4.78 is 171. The van der Waals surface area contributed by atoms with Gasteiger partial charge in [-0.25, -0.2) is 0 Å². The van der Waals surface area contributed by atoms with E-state index in [0.29, 0.717) is 11.8 Å². The molecule has 0 aromatic heterocycles. The van der Waals surface area contributed by atoms with E-state index >= 15 is 0 Å². The Morgan fingerprint density at radius 3 is 1.50 bits per heavy atom. The van der Waals surface area contributed by atoms with Crippen LogP contribution in [0.5, 0.6) is 0 Å². The summed E-state index contributed by atoms with van der Waals surface area (Å²) in [6, 6.07) is 0. The van der Waals surface area contributed by atoms with Gasteiger partial charge in [0.25, 0.3) is 0 Å². The molecule has 0 aliphatic heterocycles. The first-order valence-corrected chi connectivity index (χ1v) is 8.19. The molecule has 170 valence electrons. The average Bonchev–Trinajstić information content (AvgIpc) is 2.52. The number of hydrogen-bond donors (Lipinski definition) is 1. The summed E-state index contributed by atoms with van der Waals surface area (Å²) in [7, 11) is 0. The van der Waals surface area contributed by atoms with Crippen LogP contribution in [0, 0.1) is 0 Å². The van der Waals surface area contributed by atoms with Gasteiger partial charge in [-0.05, 0) is 5.75 Å². The molecule has 0 aromatic carbocycles. The highest BCUT2D eigenvalue weighted by atomic mass is 32.2. The lowest BCUT2D eigenvalue weighted by atomic mass is 9.93. The normalized spacial score (nSPS) is 15.2. The van der Waals surface area contributed by atoms with Gasteiger partial charge in [-0.1, -0.05) is 0 Å². The third-order valence-electron chi connectivity index (χ3n) is 3.17. The second-order valence-electron chi connectivity index (χ2n) is 5.20. The summed E-state index contributed by atoms with van der Waals surface area (Å²) in [6.07, 6.45) is -9.64. The number of aliphatic hydroxyl groups is 1. The van der Waals surface area contributed by atoms with Crippen molar-refractivity contribution >= 4 is 11.8 Å². The molecule has 0 fully saturated rings. The molecule has 0 atom stereocenters. The highest BCUT2D eigenvalue weighted by Gasteiger charge is 2.90. The topological polar surface area (TPSA) is 29.5 Å². The van der Waals surface area contributed by atoms with E-state index in [-0.39, 0.29) is 19.0 Å². The largest absolute Gasteiger partial charge is 0.460 e. The number of ether oxygens (including phenoxy) is 1. The fourth-order valence-electron chi connectivity index (χ4n) is 1.55. The van der Waals surface area contributed by atoms with Crippen LogP contribution in [0.4, 0.5) is 57.1 Å². The van der Waals surface area contributed by atoms with Crippen LogP contribution in [-0.2, 0) is 4.74 Å². The lowest BCUT2D eigenvalue weighted by Crippen LogP contribution is -2.70. The molecule has 0 saturated heterocycles. The van der Waals surface area contributed by atoms with Crippen LogP contribution in [0.3, 0.4) is 0 Å². The number of alkyl halides is 13. The Balaban J connectivity index is 5.35. The summed E-state index contributed by atoms with van der Waals surface area (Å²) in [6.45, 7) is -0.760. The zero-order valence-corrected chi connectivity index (χ0v) is 14.2. The molecule has 28 heavy (non-hydrogen) atoms. The predicted molar refractivity (Wildman–Crippen MR) is 70.6 cm³/mol. The van der Waals surface area contributed by atoms with E-state index < -0.39 is 54.6 Å². The van der Waals surface area contributed by atoms with Crippen LogP contribution >= 0.6 is 11.8 Å². The number of rotatable bonds is 12. The summed E-state index contributed by atoms with van der Waals surface area (Å²) in [4.78, 5) is 0. The van der Waals surface area contributed by atoms with Crippen molar-refractivity contribution in [3.8, 4) is 0 Å². The summed E-state index contributed by atoms with van der Waals surface area (Å²) >= 11 is 0.394. The number of hydrogen-bond acceptors (Lipinski definition) is 3. The first kappa shape index (κ1) is 27.4. The smallest absolute Gasteiger partial charge is 0.394 e. The average molecular weight is 468 g/mol. The van der Waals surface area contributed by atoms with Crippen LogP contribution in [-0.4, -0.2) is 72.2 Å². The molecular formula is C12H13F13O2S. The highest BCUT2D eigenvalue weighted by Crippen LogP contribution is 2.60. The molecule has 0 rings (SSSR count). The minimum absolute atomic E-state index is 0.163. The molecule has 16 heteroatoms. The fourth-order valence-corrected chi connectivity index (χ4v) is 2.39. The Morgan fingerprint density at radius 1 is 0.607 bits per heavy atom. The highest BCUT2D eigenvalue weighted by molar-refractivity contribution is 7.99. The minimum atomic E-state index is -7.86. The summed E-state index contributed by atoms with van der Waals surface area (Å²) in [5.74, 6) is -37.8. The van der Waals surface area contributed by atoms with E-state index in [2.05, 4.69) is 4.74 Å². The van der Waals surface area contributed by atoms with Gasteiger partial charge in [-0.15, -0.1) is 0 Å². The zero-order chi connectivity index (χ0) is 22.7. The van der Waals surface area contributed by atoms with Crippen LogP contribution < -0.4 is 0 Å². The monoisotopic (exact) mass is 468 g/mol. The van der Waals surface area contributed by atoms with Crippen molar-refractivity contribution in [2.75, 3.05) is 31.3 Å². The van der Waals surface area contributed by atoms with E-state index in [1.54, 1.807) is 0 Å². The van der Waals surface area contributed by atoms with Gasteiger partial charge in [0.05, 0.1) is 19.8 Å². The number of halogens is 13. The van der Waals surface area contributed by atoms with Gasteiger partial charge in [0.2, 0.25) is 0 Å². The van der Waals surface area contributed by atoms with Gasteiger partial charge >= 0.3 is 35.8 Å². The molecule has 2 nitrogen and oxygen atoms in total. The molecule has 0 saturated carbocycles. The second-order valence-corrected chi connectivity index (χ2v) is 6.42. The maximum Gasteiger partial charge on any atom is 0.460 e. The molecule has 0 radical (unpaired) electrons. The number of thioether (sulfide) groups is 1. The maximum atomic E-state index is 13.4. The van der Waals surface area contributed by atoms with Gasteiger partial charge in [0.1, 0.15) is 0 Å². The van der Waals surface area contributed by atoms with Gasteiger partial charge in [0, 0.05) is 12.2 Å². The van der Waals surface area contributed by atoms with E-state index in [9.17, 15) is 57.1 Å². The van der Waals surface area contributed by atoms with Crippen molar-refractivity contribution in [3.05, 3.63) is 0 Å². The molecule has 0 unspecified atom stereocenters. The SMILES string of the molecule is OCCOCCSCCC(F)(F)C(F)(F)C(F)(F)C(F)(F)C(F)(F)C(F)(F)F. The molecule has 0 heterocycles. The molecule has 0 spiro atoms. The molecule has 1 N–H and O–H groups in total. The van der Waals surface area contributed by atoms with Crippen molar-refractivity contribution in [1.82, 2.24) is 0 Å². The molecule has 0 bridgehead atoms. The summed E-state index contributed by atoms with van der Waals surface area (Å²) in [5.41, 5.74) is 0. The van der Waals surface area contributed by atoms with Crippen molar-refractivity contribution in [3.63, 3.8) is 0 Å². The zero-order valence-electron chi connectivity index (χ0n) is 13.4. The van der Waals surface area contributed by atoms with Gasteiger partial charge in [0.15, 0.2) is 0 Å². The predicted octanol–water partition coefficient (Wildman–Crippen LogP) is 4.86. The van der Waals surface area contributed by atoms with Crippen LogP contribution in [0.1, 0.15) is 6.42 Å². The van der Waals surface area contributed by atoms with E-state index in [1.165, 1.54) is 0 Å². The van der Waals surface area contributed by atoms with Crippen molar-refractivity contribution in [1.29, 1.82) is 0 Å². The lowest BCUT2D eigenvalue weighted by Gasteiger charge is -2.39. The van der Waals surface area contributed by atoms with Crippen molar-refractivity contribution in [2.24, 2.45) is 0 Å². The molecule has 0 aliphatic carbocycles. The van der Waals surface area contributed by atoms with Gasteiger partial charge in [-0.2, -0.15) is 68.8 Å². The molecular weight excluding hydrogens is 455 g/mol. The Bertz CT molecular complexity index is 492. The lowest BCUT2D eigenvalue weighted by molar-refractivity contribution is -0.439. The molecule has 0 aromatic rings. The number of aliphatic hydroxyl groups excluding tert-OH is 1. The third-order valence-corrected chi connectivity index (χ3v) is 4.11. The fraction of sp³-hybridized carbons (Fsp3) is 1.00. The third kappa shape index (κ3) is 5.09. The Labute approximate surface area is 153 Å². The van der Waals surface area contributed by atoms with E-state index in [4.69, 9.17) is 5.11 Å². The van der Waals surface area contributed by atoms with E-state index in [0.717, 1.165) is 0 Å². The maximum absolute atomic E-state index is 13.4. The minimum Gasteiger partial charge on any atom is -0.394 e. The van der Waals surface area contributed by atoms with Crippen molar-refractivity contribution < 1.29 is 66.9 Å². The van der Waals surface area contributed by atoms with Crippen LogP contribution in [0.25, 0.3) is 0 Å². The van der Waals surface area contributed by atoms with Gasteiger partial charge < -0.3 is 9.84 Å². The summed E-state index contributed by atoms with van der Waals surface area (Å²) in [5, 5.41) is 8.34. The standard InChI is InChI=1S/C12H13F13O2S/c13-7(14,1-5-28-6-4-27-3-2-26)8(15,16)9(17,18)10(19,20)11(21,22)12(23,24)25/h26H,1-6H2. The van der Waals surface area contributed by atoms with E-state index in [1.807, 2.05) is 0 Å². The molecule has 0 amide bonds.